The molecule has 2 atom stereocenters. The fraction of sp³-hybridized carbons (Fsp3) is 0.562. The van der Waals surface area contributed by atoms with E-state index in [0.717, 1.165) is 29.4 Å². The second-order valence-corrected chi connectivity index (χ2v) is 6.56. The molecule has 110 valence electrons. The van der Waals surface area contributed by atoms with Crippen LogP contribution in [0.2, 0.25) is 0 Å². The van der Waals surface area contributed by atoms with E-state index in [1.165, 1.54) is 6.42 Å². The van der Waals surface area contributed by atoms with Gasteiger partial charge in [0.05, 0.1) is 6.61 Å². The zero-order valence-electron chi connectivity index (χ0n) is 12.1. The molecule has 0 bridgehead atoms. The van der Waals surface area contributed by atoms with Crippen LogP contribution >= 0.6 is 15.9 Å². The Hall–Kier alpha value is -1.03. The molecule has 0 spiro atoms. The molecule has 0 aliphatic heterocycles. The predicted molar refractivity (Wildman–Crippen MR) is 84.8 cm³/mol. The van der Waals surface area contributed by atoms with Crippen LogP contribution in [0, 0.1) is 5.92 Å². The highest BCUT2D eigenvalue weighted by Crippen LogP contribution is 2.36. The second kappa shape index (κ2) is 6.61. The smallest absolute Gasteiger partial charge is 0.331 e. The van der Waals surface area contributed by atoms with Crippen molar-refractivity contribution < 1.29 is 9.53 Å². The van der Waals surface area contributed by atoms with Crippen molar-refractivity contribution >= 4 is 27.6 Å². The van der Waals surface area contributed by atoms with Crippen LogP contribution in [0.5, 0.6) is 0 Å². The number of carbonyl (C=O) groups is 1. The van der Waals surface area contributed by atoms with Crippen molar-refractivity contribution in [2.24, 2.45) is 5.92 Å². The Morgan fingerprint density at radius 2 is 2.35 bits per heavy atom. The van der Waals surface area contributed by atoms with Crippen LogP contribution < -0.4 is 5.32 Å². The van der Waals surface area contributed by atoms with Gasteiger partial charge in [-0.3, -0.25) is 0 Å². The molecule has 0 amide bonds. The lowest BCUT2D eigenvalue weighted by Gasteiger charge is -2.39. The van der Waals surface area contributed by atoms with E-state index < -0.39 is 5.54 Å². The molecule has 0 radical (unpaired) electrons. The number of anilines is 1. The maximum absolute atomic E-state index is 12.5. The highest BCUT2D eigenvalue weighted by Gasteiger charge is 2.43. The molecule has 4 heteroatoms. The van der Waals surface area contributed by atoms with Crippen LogP contribution in [0.15, 0.2) is 28.7 Å². The van der Waals surface area contributed by atoms with E-state index in [4.69, 9.17) is 4.74 Å². The fourth-order valence-corrected chi connectivity index (χ4v) is 3.41. The van der Waals surface area contributed by atoms with Crippen molar-refractivity contribution in [3.8, 4) is 0 Å². The van der Waals surface area contributed by atoms with Gasteiger partial charge in [-0.15, -0.1) is 0 Å². The number of esters is 1. The number of halogens is 1. The number of ether oxygens (including phenoxy) is 1. The van der Waals surface area contributed by atoms with Gasteiger partial charge in [-0.2, -0.15) is 0 Å². The minimum Gasteiger partial charge on any atom is -0.464 e. The van der Waals surface area contributed by atoms with Crippen molar-refractivity contribution in [3.63, 3.8) is 0 Å². The van der Waals surface area contributed by atoms with E-state index in [-0.39, 0.29) is 5.97 Å². The highest BCUT2D eigenvalue weighted by atomic mass is 79.9. The molecule has 3 nitrogen and oxygen atoms in total. The summed E-state index contributed by atoms with van der Waals surface area (Å²) in [6, 6.07) is 7.94. The predicted octanol–water partition coefficient (Wildman–Crippen LogP) is 4.37. The molecule has 1 aromatic carbocycles. The molecule has 1 aromatic rings. The van der Waals surface area contributed by atoms with Crippen molar-refractivity contribution in [2.75, 3.05) is 11.9 Å². The van der Waals surface area contributed by atoms with Gasteiger partial charge in [0.2, 0.25) is 0 Å². The van der Waals surface area contributed by atoms with Gasteiger partial charge in [0.15, 0.2) is 0 Å². The molecule has 1 aliphatic carbocycles. The number of carbonyl (C=O) groups excluding carboxylic acids is 1. The van der Waals surface area contributed by atoms with E-state index in [2.05, 4.69) is 28.2 Å². The SMILES string of the molecule is CCOC(=O)C1(Nc2cccc(Br)c2)CCCC(C)C1. The van der Waals surface area contributed by atoms with Gasteiger partial charge in [-0.1, -0.05) is 41.8 Å². The van der Waals surface area contributed by atoms with Crippen LogP contribution in [-0.2, 0) is 9.53 Å². The average molecular weight is 340 g/mol. The Kier molecular flexibility index (Phi) is 5.08. The molecule has 0 saturated heterocycles. The standard InChI is InChI=1S/C16H22BrNO2/c1-3-20-15(19)16(9-5-6-12(2)11-16)18-14-8-4-7-13(17)10-14/h4,7-8,10,12,18H,3,5-6,9,11H2,1-2H3. The molecule has 1 saturated carbocycles. The largest absolute Gasteiger partial charge is 0.464 e. The molecule has 0 heterocycles. The summed E-state index contributed by atoms with van der Waals surface area (Å²) >= 11 is 3.47. The Balaban J connectivity index is 2.24. The summed E-state index contributed by atoms with van der Waals surface area (Å²) in [6.45, 7) is 4.49. The molecule has 1 fully saturated rings. The zero-order valence-corrected chi connectivity index (χ0v) is 13.7. The Labute approximate surface area is 129 Å². The summed E-state index contributed by atoms with van der Waals surface area (Å²) in [5, 5.41) is 3.45. The lowest BCUT2D eigenvalue weighted by atomic mass is 9.76. The van der Waals surface area contributed by atoms with Gasteiger partial charge in [-0.05, 0) is 43.9 Å². The Morgan fingerprint density at radius 1 is 1.55 bits per heavy atom. The van der Waals surface area contributed by atoms with Crippen molar-refractivity contribution in [2.45, 2.75) is 45.1 Å². The van der Waals surface area contributed by atoms with E-state index in [9.17, 15) is 4.79 Å². The first-order valence-corrected chi connectivity index (χ1v) is 8.06. The van der Waals surface area contributed by atoms with Gasteiger partial charge >= 0.3 is 5.97 Å². The summed E-state index contributed by atoms with van der Waals surface area (Å²) in [6.07, 6.45) is 3.91. The Bertz CT molecular complexity index is 477. The van der Waals surface area contributed by atoms with Gasteiger partial charge in [0.1, 0.15) is 5.54 Å². The Morgan fingerprint density at radius 3 is 3.00 bits per heavy atom. The summed E-state index contributed by atoms with van der Waals surface area (Å²) in [5.41, 5.74) is 0.385. The molecule has 2 unspecified atom stereocenters. The first kappa shape index (κ1) is 15.4. The molecular formula is C16H22BrNO2. The fourth-order valence-electron chi connectivity index (χ4n) is 3.01. The third kappa shape index (κ3) is 3.54. The summed E-state index contributed by atoms with van der Waals surface area (Å²) in [4.78, 5) is 12.5. The van der Waals surface area contributed by atoms with Gasteiger partial charge < -0.3 is 10.1 Å². The third-order valence-electron chi connectivity index (χ3n) is 3.87. The average Bonchev–Trinajstić information content (AvgIpc) is 2.39. The summed E-state index contributed by atoms with van der Waals surface area (Å²) in [7, 11) is 0. The molecule has 20 heavy (non-hydrogen) atoms. The van der Waals surface area contributed by atoms with Crippen LogP contribution in [0.4, 0.5) is 5.69 Å². The van der Waals surface area contributed by atoms with Crippen LogP contribution in [0.1, 0.15) is 39.5 Å². The van der Waals surface area contributed by atoms with Crippen LogP contribution in [0.25, 0.3) is 0 Å². The van der Waals surface area contributed by atoms with Gasteiger partial charge in [0.25, 0.3) is 0 Å². The van der Waals surface area contributed by atoms with E-state index in [1.807, 2.05) is 31.2 Å². The molecule has 2 rings (SSSR count). The lowest BCUT2D eigenvalue weighted by molar-refractivity contribution is -0.150. The minimum absolute atomic E-state index is 0.119. The highest BCUT2D eigenvalue weighted by molar-refractivity contribution is 9.10. The minimum atomic E-state index is -0.575. The summed E-state index contributed by atoms with van der Waals surface area (Å²) in [5.74, 6) is 0.416. The van der Waals surface area contributed by atoms with Gasteiger partial charge in [-0.25, -0.2) is 4.79 Å². The number of rotatable bonds is 4. The number of nitrogens with one attached hydrogen (secondary N) is 1. The van der Waals surface area contributed by atoms with Crippen LogP contribution in [-0.4, -0.2) is 18.1 Å². The number of benzene rings is 1. The lowest BCUT2D eigenvalue weighted by Crippen LogP contribution is -2.50. The van der Waals surface area contributed by atoms with Crippen molar-refractivity contribution in [1.29, 1.82) is 0 Å². The van der Waals surface area contributed by atoms with Gasteiger partial charge in [0, 0.05) is 10.2 Å². The molecule has 1 aliphatic rings. The molecule has 1 N–H and O–H groups in total. The number of hydrogen-bond acceptors (Lipinski definition) is 3. The first-order valence-electron chi connectivity index (χ1n) is 7.27. The monoisotopic (exact) mass is 339 g/mol. The van der Waals surface area contributed by atoms with Crippen molar-refractivity contribution in [1.82, 2.24) is 0 Å². The van der Waals surface area contributed by atoms with Crippen molar-refractivity contribution in [3.05, 3.63) is 28.7 Å². The molecule has 0 aromatic heterocycles. The maximum Gasteiger partial charge on any atom is 0.331 e. The third-order valence-corrected chi connectivity index (χ3v) is 4.37. The van der Waals surface area contributed by atoms with E-state index in [1.54, 1.807) is 0 Å². The summed E-state index contributed by atoms with van der Waals surface area (Å²) < 4.78 is 6.33. The topological polar surface area (TPSA) is 38.3 Å². The number of hydrogen-bond donors (Lipinski definition) is 1. The van der Waals surface area contributed by atoms with E-state index in [0.29, 0.717) is 12.5 Å². The quantitative estimate of drug-likeness (QED) is 0.827. The first-order chi connectivity index (χ1) is 9.55. The van der Waals surface area contributed by atoms with Crippen LogP contribution in [0.3, 0.4) is 0 Å². The van der Waals surface area contributed by atoms with E-state index >= 15 is 0 Å². The normalized spacial score (nSPS) is 26.1. The second-order valence-electron chi connectivity index (χ2n) is 5.64. The zero-order chi connectivity index (χ0) is 14.6. The molecular weight excluding hydrogens is 318 g/mol. The maximum atomic E-state index is 12.5.